The highest BCUT2D eigenvalue weighted by Gasteiger charge is 2.21. The fraction of sp³-hybridized carbons (Fsp3) is 0.118. The number of carbonyl (C=O) groups is 1. The number of hydrogen-bond donors (Lipinski definition) is 1. The van der Waals surface area contributed by atoms with E-state index in [1.54, 1.807) is 36.4 Å². The lowest BCUT2D eigenvalue weighted by Gasteiger charge is -2.11. The topological polar surface area (TPSA) is 86.5 Å². The van der Waals surface area contributed by atoms with Gasteiger partial charge >= 0.3 is 6.01 Å². The van der Waals surface area contributed by atoms with Crippen molar-refractivity contribution >= 4 is 35.1 Å². The molecule has 3 rings (SSSR count). The van der Waals surface area contributed by atoms with Crippen LogP contribution in [0.2, 0.25) is 10.0 Å². The summed E-state index contributed by atoms with van der Waals surface area (Å²) in [6.07, 6.45) is 0. The Labute approximate surface area is 158 Å². The number of ether oxygens (including phenoxy) is 2. The summed E-state index contributed by atoms with van der Waals surface area (Å²) in [4.78, 5) is 12.6. The van der Waals surface area contributed by atoms with Crippen LogP contribution >= 0.6 is 23.2 Å². The Morgan fingerprint density at radius 2 is 1.77 bits per heavy atom. The maximum absolute atomic E-state index is 12.6. The highest BCUT2D eigenvalue weighted by atomic mass is 35.5. The molecule has 0 saturated carbocycles. The van der Waals surface area contributed by atoms with Gasteiger partial charge < -0.3 is 13.9 Å². The standard InChI is InChI=1S/C17H13Cl2N3O4/c1-24-12-4-3-5-13(25-2)14(12)15(23)20-17-22-21-16(26-17)10-8-9(18)6-7-11(10)19/h3-8H,1-2H3,(H,20,22,23). The number of hydrogen-bond acceptors (Lipinski definition) is 6. The van der Waals surface area contributed by atoms with Crippen molar-refractivity contribution in [3.63, 3.8) is 0 Å². The third-order valence-corrected chi connectivity index (χ3v) is 4.02. The second-order valence-corrected chi connectivity index (χ2v) is 5.87. The van der Waals surface area contributed by atoms with Crippen molar-refractivity contribution < 1.29 is 18.7 Å². The molecule has 0 unspecified atom stereocenters. The number of halogens is 2. The molecule has 0 aliphatic rings. The second kappa shape index (κ2) is 7.63. The zero-order valence-electron chi connectivity index (χ0n) is 13.7. The molecule has 9 heteroatoms. The molecule has 2 aromatic carbocycles. The molecule has 3 aromatic rings. The van der Waals surface area contributed by atoms with Crippen molar-refractivity contribution in [2.24, 2.45) is 0 Å². The lowest BCUT2D eigenvalue weighted by Crippen LogP contribution is -2.14. The molecule has 0 saturated heterocycles. The van der Waals surface area contributed by atoms with Gasteiger partial charge in [-0.25, -0.2) is 0 Å². The molecule has 1 amide bonds. The van der Waals surface area contributed by atoms with E-state index < -0.39 is 5.91 Å². The zero-order valence-corrected chi connectivity index (χ0v) is 15.3. The number of amides is 1. The van der Waals surface area contributed by atoms with Crippen molar-refractivity contribution in [3.05, 3.63) is 52.0 Å². The number of benzene rings is 2. The van der Waals surface area contributed by atoms with E-state index in [0.717, 1.165) is 0 Å². The molecule has 134 valence electrons. The predicted molar refractivity (Wildman–Crippen MR) is 97.3 cm³/mol. The summed E-state index contributed by atoms with van der Waals surface area (Å²) in [5.74, 6) is 0.297. The molecule has 7 nitrogen and oxygen atoms in total. The second-order valence-electron chi connectivity index (χ2n) is 5.03. The first-order valence-electron chi connectivity index (χ1n) is 7.34. The van der Waals surface area contributed by atoms with E-state index in [-0.39, 0.29) is 17.5 Å². The molecular formula is C17H13Cl2N3O4. The van der Waals surface area contributed by atoms with Crippen molar-refractivity contribution in [3.8, 4) is 23.0 Å². The minimum atomic E-state index is -0.522. The predicted octanol–water partition coefficient (Wildman–Crippen LogP) is 4.31. The SMILES string of the molecule is COc1cccc(OC)c1C(=O)Nc1nnc(-c2cc(Cl)ccc2Cl)o1. The van der Waals surface area contributed by atoms with Gasteiger partial charge in [-0.2, -0.15) is 0 Å². The van der Waals surface area contributed by atoms with E-state index in [2.05, 4.69) is 15.5 Å². The average Bonchev–Trinajstić information content (AvgIpc) is 3.10. The fourth-order valence-electron chi connectivity index (χ4n) is 2.28. The van der Waals surface area contributed by atoms with Crippen LogP contribution in [0.3, 0.4) is 0 Å². The van der Waals surface area contributed by atoms with Crippen LogP contribution in [0.25, 0.3) is 11.5 Å². The molecule has 1 aromatic heterocycles. The Balaban J connectivity index is 1.88. The van der Waals surface area contributed by atoms with Crippen molar-refractivity contribution in [2.75, 3.05) is 19.5 Å². The number of nitrogens with one attached hydrogen (secondary N) is 1. The zero-order chi connectivity index (χ0) is 18.7. The van der Waals surface area contributed by atoms with Gasteiger partial charge in [0.25, 0.3) is 11.8 Å². The number of aromatic nitrogens is 2. The van der Waals surface area contributed by atoms with Gasteiger partial charge in [-0.3, -0.25) is 10.1 Å². The van der Waals surface area contributed by atoms with E-state index in [9.17, 15) is 4.79 Å². The van der Waals surface area contributed by atoms with Crippen LogP contribution in [0.4, 0.5) is 6.01 Å². The summed E-state index contributed by atoms with van der Waals surface area (Å²) < 4.78 is 15.9. The molecule has 0 fully saturated rings. The molecule has 0 atom stereocenters. The summed E-state index contributed by atoms with van der Waals surface area (Å²) in [6.45, 7) is 0. The van der Waals surface area contributed by atoms with Crippen molar-refractivity contribution in [1.82, 2.24) is 10.2 Å². The summed E-state index contributed by atoms with van der Waals surface area (Å²) in [5, 5.41) is 11.1. The normalized spacial score (nSPS) is 10.5. The number of rotatable bonds is 5. The number of nitrogens with zero attached hydrogens (tertiary/aromatic N) is 2. The molecule has 0 aliphatic carbocycles. The summed E-state index contributed by atoms with van der Waals surface area (Å²) in [7, 11) is 2.91. The largest absolute Gasteiger partial charge is 0.496 e. The number of carbonyl (C=O) groups excluding carboxylic acids is 1. The number of anilines is 1. The smallest absolute Gasteiger partial charge is 0.322 e. The van der Waals surface area contributed by atoms with Crippen LogP contribution in [-0.2, 0) is 0 Å². The molecule has 0 spiro atoms. The first kappa shape index (κ1) is 18.0. The van der Waals surface area contributed by atoms with Gasteiger partial charge in [0.2, 0.25) is 0 Å². The Bertz CT molecular complexity index is 937. The molecular weight excluding hydrogens is 381 g/mol. The van der Waals surface area contributed by atoms with Gasteiger partial charge in [0.05, 0.1) is 24.8 Å². The Morgan fingerprint density at radius 3 is 2.42 bits per heavy atom. The fourth-order valence-corrected chi connectivity index (χ4v) is 2.65. The van der Waals surface area contributed by atoms with Crippen LogP contribution in [0.5, 0.6) is 11.5 Å². The first-order valence-corrected chi connectivity index (χ1v) is 8.10. The van der Waals surface area contributed by atoms with Crippen LogP contribution in [0.1, 0.15) is 10.4 Å². The Kier molecular flexibility index (Phi) is 5.29. The van der Waals surface area contributed by atoms with Crippen LogP contribution in [0, 0.1) is 0 Å². The van der Waals surface area contributed by atoms with E-state index >= 15 is 0 Å². The van der Waals surface area contributed by atoms with Gasteiger partial charge in [0, 0.05) is 5.02 Å². The Hall–Kier alpha value is -2.77. The van der Waals surface area contributed by atoms with Crippen molar-refractivity contribution in [1.29, 1.82) is 0 Å². The van der Waals surface area contributed by atoms with Gasteiger partial charge in [-0.15, -0.1) is 5.10 Å². The molecule has 1 heterocycles. The Morgan fingerprint density at radius 1 is 1.08 bits per heavy atom. The molecule has 1 N–H and O–H groups in total. The van der Waals surface area contributed by atoms with E-state index in [1.165, 1.54) is 14.2 Å². The minimum absolute atomic E-state index is 0.103. The average molecular weight is 394 g/mol. The lowest BCUT2D eigenvalue weighted by molar-refractivity contribution is 0.101. The highest BCUT2D eigenvalue weighted by Crippen LogP contribution is 2.32. The molecule has 0 bridgehead atoms. The van der Waals surface area contributed by atoms with E-state index in [4.69, 9.17) is 37.1 Å². The van der Waals surface area contributed by atoms with E-state index in [0.29, 0.717) is 27.1 Å². The van der Waals surface area contributed by atoms with Crippen LogP contribution in [-0.4, -0.2) is 30.3 Å². The minimum Gasteiger partial charge on any atom is -0.496 e. The third-order valence-electron chi connectivity index (χ3n) is 3.46. The molecule has 0 radical (unpaired) electrons. The summed E-state index contributed by atoms with van der Waals surface area (Å²) in [5.41, 5.74) is 0.667. The quantitative estimate of drug-likeness (QED) is 0.694. The molecule has 0 aliphatic heterocycles. The van der Waals surface area contributed by atoms with Gasteiger partial charge in [0.15, 0.2) is 0 Å². The van der Waals surface area contributed by atoms with Gasteiger partial charge in [-0.05, 0) is 30.3 Å². The first-order chi connectivity index (χ1) is 12.5. The summed E-state index contributed by atoms with van der Waals surface area (Å²) >= 11 is 12.1. The lowest BCUT2D eigenvalue weighted by atomic mass is 10.1. The maximum Gasteiger partial charge on any atom is 0.322 e. The third kappa shape index (κ3) is 3.58. The van der Waals surface area contributed by atoms with Crippen LogP contribution in [0.15, 0.2) is 40.8 Å². The monoisotopic (exact) mass is 393 g/mol. The van der Waals surface area contributed by atoms with Crippen molar-refractivity contribution in [2.45, 2.75) is 0 Å². The van der Waals surface area contributed by atoms with E-state index in [1.807, 2.05) is 0 Å². The van der Waals surface area contributed by atoms with Gasteiger partial charge in [0.1, 0.15) is 17.1 Å². The molecule has 26 heavy (non-hydrogen) atoms. The number of methoxy groups -OCH3 is 2. The highest BCUT2D eigenvalue weighted by molar-refractivity contribution is 6.35. The van der Waals surface area contributed by atoms with Gasteiger partial charge in [-0.1, -0.05) is 34.4 Å². The summed E-state index contributed by atoms with van der Waals surface area (Å²) in [6, 6.07) is 9.73. The van der Waals surface area contributed by atoms with Crippen LogP contribution < -0.4 is 14.8 Å². The maximum atomic E-state index is 12.6.